The predicted molar refractivity (Wildman–Crippen MR) is 120 cm³/mol. The second kappa shape index (κ2) is 8.75. The number of fused-ring (bicyclic) bond motifs is 2. The van der Waals surface area contributed by atoms with E-state index in [9.17, 15) is 22.8 Å². The number of aromatic nitrogens is 2. The molecule has 0 saturated carbocycles. The fraction of sp³-hybridized carbons (Fsp3) is 0.320. The van der Waals surface area contributed by atoms with Crippen LogP contribution < -0.4 is 4.74 Å². The number of nitrogens with zero attached hydrogens (tertiary/aromatic N) is 4. The molecule has 0 atom stereocenters. The molecule has 0 fully saturated rings. The lowest BCUT2D eigenvalue weighted by Crippen LogP contribution is -2.47. The molecule has 0 saturated heterocycles. The standard InChI is InChI=1S/C25H23F3N4O3/c1-35-19-8-6-18(7-9-19)32-22-20(23(29-32)25(26,27)28)11-13-31(24(22)34)15-21(33)30-12-10-16-4-2-3-5-17(16)14-30/h2-9H,10-15H2,1H3. The fourth-order valence-corrected chi connectivity index (χ4v) is 4.67. The van der Waals surface area contributed by atoms with E-state index in [-0.39, 0.29) is 36.7 Å². The Balaban J connectivity index is 1.42. The van der Waals surface area contributed by atoms with Crippen LogP contribution in [0.1, 0.15) is 32.9 Å². The van der Waals surface area contributed by atoms with Crippen LogP contribution in [0.5, 0.6) is 5.75 Å². The van der Waals surface area contributed by atoms with Gasteiger partial charge in [0.1, 0.15) is 18.0 Å². The van der Waals surface area contributed by atoms with Gasteiger partial charge in [-0.3, -0.25) is 9.59 Å². The number of ether oxygens (including phenoxy) is 1. The highest BCUT2D eigenvalue weighted by Crippen LogP contribution is 2.36. The first-order valence-corrected chi connectivity index (χ1v) is 11.2. The Hall–Kier alpha value is -3.82. The highest BCUT2D eigenvalue weighted by Gasteiger charge is 2.43. The van der Waals surface area contributed by atoms with Crippen molar-refractivity contribution in [3.05, 3.63) is 76.6 Å². The molecule has 0 bridgehead atoms. The molecular formula is C25H23F3N4O3. The van der Waals surface area contributed by atoms with Crippen molar-refractivity contribution < 1.29 is 27.5 Å². The molecule has 182 valence electrons. The van der Waals surface area contributed by atoms with Gasteiger partial charge in [-0.25, -0.2) is 4.68 Å². The number of methoxy groups -OCH3 is 1. The number of rotatable bonds is 4. The van der Waals surface area contributed by atoms with E-state index in [1.807, 2.05) is 24.3 Å². The molecule has 2 aromatic carbocycles. The number of alkyl halides is 3. The number of benzene rings is 2. The number of amides is 2. The normalized spacial score (nSPS) is 15.6. The molecule has 2 amide bonds. The van der Waals surface area contributed by atoms with Gasteiger partial charge in [-0.15, -0.1) is 0 Å². The summed E-state index contributed by atoms with van der Waals surface area (Å²) in [5, 5.41) is 3.78. The van der Waals surface area contributed by atoms with Crippen molar-refractivity contribution in [1.29, 1.82) is 0 Å². The van der Waals surface area contributed by atoms with Crippen LogP contribution >= 0.6 is 0 Å². The van der Waals surface area contributed by atoms with Gasteiger partial charge in [0.2, 0.25) is 5.91 Å². The maximum atomic E-state index is 13.7. The summed E-state index contributed by atoms with van der Waals surface area (Å²) in [5.41, 5.74) is 1.17. The Bertz CT molecular complexity index is 1280. The number of hydrogen-bond donors (Lipinski definition) is 0. The SMILES string of the molecule is COc1ccc(-n2nc(C(F)(F)F)c3c2C(=O)N(CC(=O)N2CCc4ccccc4C2)CC3)cc1. The van der Waals surface area contributed by atoms with Gasteiger partial charge in [0, 0.05) is 25.2 Å². The lowest BCUT2D eigenvalue weighted by atomic mass is 9.99. The minimum atomic E-state index is -4.71. The van der Waals surface area contributed by atoms with Gasteiger partial charge in [-0.05, 0) is 48.2 Å². The molecule has 0 N–H and O–H groups in total. The van der Waals surface area contributed by atoms with Gasteiger partial charge in [0.05, 0.1) is 12.8 Å². The maximum Gasteiger partial charge on any atom is 0.435 e. The Morgan fingerprint density at radius 3 is 2.43 bits per heavy atom. The first kappa shape index (κ1) is 22.9. The number of carbonyl (C=O) groups excluding carboxylic acids is 2. The minimum Gasteiger partial charge on any atom is -0.497 e. The summed E-state index contributed by atoms with van der Waals surface area (Å²) < 4.78 is 47.4. The average molecular weight is 484 g/mol. The quantitative estimate of drug-likeness (QED) is 0.569. The van der Waals surface area contributed by atoms with Crippen molar-refractivity contribution in [2.24, 2.45) is 0 Å². The largest absolute Gasteiger partial charge is 0.497 e. The molecule has 35 heavy (non-hydrogen) atoms. The third kappa shape index (κ3) is 4.24. The molecule has 2 aliphatic rings. The molecule has 0 spiro atoms. The van der Waals surface area contributed by atoms with Gasteiger partial charge in [-0.2, -0.15) is 18.3 Å². The van der Waals surface area contributed by atoms with Crippen molar-refractivity contribution in [3.8, 4) is 11.4 Å². The van der Waals surface area contributed by atoms with E-state index in [1.54, 1.807) is 17.0 Å². The highest BCUT2D eigenvalue weighted by atomic mass is 19.4. The van der Waals surface area contributed by atoms with Crippen molar-refractivity contribution in [3.63, 3.8) is 0 Å². The molecule has 0 radical (unpaired) electrons. The van der Waals surface area contributed by atoms with Crippen LogP contribution in [0, 0.1) is 0 Å². The van der Waals surface area contributed by atoms with Gasteiger partial charge in [-0.1, -0.05) is 24.3 Å². The van der Waals surface area contributed by atoms with Crippen LogP contribution in [-0.4, -0.2) is 58.1 Å². The number of carbonyl (C=O) groups is 2. The van der Waals surface area contributed by atoms with E-state index in [1.165, 1.54) is 29.7 Å². The van der Waals surface area contributed by atoms with E-state index in [0.29, 0.717) is 24.5 Å². The van der Waals surface area contributed by atoms with Crippen molar-refractivity contribution in [1.82, 2.24) is 19.6 Å². The third-order valence-corrected chi connectivity index (χ3v) is 6.50. The summed E-state index contributed by atoms with van der Waals surface area (Å²) in [6.45, 7) is 0.796. The van der Waals surface area contributed by atoms with Crippen molar-refractivity contribution in [2.45, 2.75) is 25.6 Å². The highest BCUT2D eigenvalue weighted by molar-refractivity contribution is 5.98. The lowest BCUT2D eigenvalue weighted by molar-refractivity contribution is -0.142. The van der Waals surface area contributed by atoms with E-state index < -0.39 is 17.8 Å². The number of hydrogen-bond acceptors (Lipinski definition) is 4. The van der Waals surface area contributed by atoms with Crippen LogP contribution in [0.25, 0.3) is 5.69 Å². The zero-order chi connectivity index (χ0) is 24.7. The molecule has 3 aromatic rings. The zero-order valence-corrected chi connectivity index (χ0v) is 19.0. The molecule has 10 heteroatoms. The lowest BCUT2D eigenvalue weighted by Gasteiger charge is -2.32. The zero-order valence-electron chi connectivity index (χ0n) is 19.0. The fourth-order valence-electron chi connectivity index (χ4n) is 4.67. The minimum absolute atomic E-state index is 0.0133. The van der Waals surface area contributed by atoms with Gasteiger partial charge < -0.3 is 14.5 Å². The average Bonchev–Trinajstić information content (AvgIpc) is 3.26. The number of halogens is 3. The summed E-state index contributed by atoms with van der Waals surface area (Å²) in [5.74, 6) is -0.355. The molecule has 2 aliphatic heterocycles. The Kier molecular flexibility index (Phi) is 5.74. The van der Waals surface area contributed by atoms with E-state index in [0.717, 1.165) is 16.7 Å². The second-order valence-corrected chi connectivity index (χ2v) is 8.59. The third-order valence-electron chi connectivity index (χ3n) is 6.50. The van der Waals surface area contributed by atoms with E-state index in [2.05, 4.69) is 5.10 Å². The first-order chi connectivity index (χ1) is 16.8. The van der Waals surface area contributed by atoms with E-state index >= 15 is 0 Å². The van der Waals surface area contributed by atoms with Crippen molar-refractivity contribution >= 4 is 11.8 Å². The van der Waals surface area contributed by atoms with E-state index in [4.69, 9.17) is 4.74 Å². The Morgan fingerprint density at radius 1 is 1.03 bits per heavy atom. The molecule has 0 unspecified atom stereocenters. The predicted octanol–water partition coefficient (Wildman–Crippen LogP) is 3.48. The van der Waals surface area contributed by atoms with Gasteiger partial charge >= 0.3 is 6.18 Å². The molecule has 1 aromatic heterocycles. The Labute approximate surface area is 199 Å². The van der Waals surface area contributed by atoms with Crippen LogP contribution in [-0.2, 0) is 30.4 Å². The molecule has 7 nitrogen and oxygen atoms in total. The molecule has 5 rings (SSSR count). The molecular weight excluding hydrogens is 461 g/mol. The monoisotopic (exact) mass is 484 g/mol. The summed E-state index contributed by atoms with van der Waals surface area (Å²) in [6, 6.07) is 14.1. The molecule has 3 heterocycles. The van der Waals surface area contributed by atoms with Crippen molar-refractivity contribution in [2.75, 3.05) is 26.7 Å². The van der Waals surface area contributed by atoms with Crippen LogP contribution in [0.2, 0.25) is 0 Å². The topological polar surface area (TPSA) is 67.7 Å². The maximum absolute atomic E-state index is 13.7. The van der Waals surface area contributed by atoms with Gasteiger partial charge in [0.25, 0.3) is 5.91 Å². The summed E-state index contributed by atoms with van der Waals surface area (Å²) in [6.07, 6.45) is -4.03. The smallest absolute Gasteiger partial charge is 0.435 e. The Morgan fingerprint density at radius 2 is 1.74 bits per heavy atom. The summed E-state index contributed by atoms with van der Waals surface area (Å²) in [4.78, 5) is 29.4. The molecule has 0 aliphatic carbocycles. The van der Waals surface area contributed by atoms with Crippen LogP contribution in [0.4, 0.5) is 13.2 Å². The van der Waals surface area contributed by atoms with Crippen LogP contribution in [0.15, 0.2) is 48.5 Å². The summed E-state index contributed by atoms with van der Waals surface area (Å²) in [7, 11) is 1.48. The van der Waals surface area contributed by atoms with Crippen LogP contribution in [0.3, 0.4) is 0 Å². The second-order valence-electron chi connectivity index (χ2n) is 8.59. The summed E-state index contributed by atoms with van der Waals surface area (Å²) >= 11 is 0. The van der Waals surface area contributed by atoms with Gasteiger partial charge in [0.15, 0.2) is 5.69 Å². The first-order valence-electron chi connectivity index (χ1n) is 11.2.